The Morgan fingerprint density at radius 3 is 1.02 bits per heavy atom. The highest BCUT2D eigenvalue weighted by molar-refractivity contribution is 6.32. The quantitative estimate of drug-likeness (QED) is 0.165. The predicted octanol–water partition coefficient (Wildman–Crippen LogP) is 17.5. The average molecular weight is 873 g/mol. The molecule has 0 fully saturated rings. The maximum absolute atomic E-state index is 10.6. The molecule has 0 aliphatic rings. The van der Waals surface area contributed by atoms with Gasteiger partial charge in [0.1, 0.15) is 0 Å². The van der Waals surface area contributed by atoms with E-state index < -0.39 is 154 Å². The first-order valence-corrected chi connectivity index (χ1v) is 21.5. The summed E-state index contributed by atoms with van der Waals surface area (Å²) in [7, 11) is 0. The van der Waals surface area contributed by atoms with Crippen LogP contribution in [0.2, 0.25) is 0 Å². The second-order valence-corrected chi connectivity index (χ2v) is 18.6. The van der Waals surface area contributed by atoms with E-state index in [-0.39, 0.29) is 45.3 Å². The molecule has 0 saturated heterocycles. The van der Waals surface area contributed by atoms with Crippen LogP contribution < -0.4 is 9.80 Å². The third kappa shape index (κ3) is 5.51. The van der Waals surface area contributed by atoms with Gasteiger partial charge in [-0.25, -0.2) is 0 Å². The van der Waals surface area contributed by atoms with E-state index >= 15 is 0 Å². The molecule has 0 unspecified atom stereocenters. The van der Waals surface area contributed by atoms with Gasteiger partial charge in [-0.05, 0) is 119 Å². The molecule has 13 aromatic rings. The summed E-state index contributed by atoms with van der Waals surface area (Å²) in [5.74, 6) is 0. The van der Waals surface area contributed by atoms with Crippen LogP contribution in [-0.2, 0) is 10.8 Å². The Morgan fingerprint density at radius 1 is 0.364 bits per heavy atom. The molecule has 66 heavy (non-hydrogen) atoms. The Morgan fingerprint density at radius 2 is 0.697 bits per heavy atom. The molecule has 318 valence electrons. The second kappa shape index (κ2) is 13.8. The van der Waals surface area contributed by atoms with E-state index in [2.05, 4.69) is 0 Å². The van der Waals surface area contributed by atoms with Crippen LogP contribution in [0.25, 0.3) is 76.2 Å². The van der Waals surface area contributed by atoms with Crippen molar-refractivity contribution in [2.24, 2.45) is 0 Å². The lowest BCUT2D eigenvalue weighted by atomic mass is 9.86. The van der Waals surface area contributed by atoms with Crippen molar-refractivity contribution in [3.05, 3.63) is 205 Å². The van der Waals surface area contributed by atoms with Crippen molar-refractivity contribution in [3.8, 4) is 0 Å². The molecule has 13 rings (SSSR count). The molecule has 0 amide bonds. The van der Waals surface area contributed by atoms with E-state index in [1.807, 2.05) is 86.7 Å². The average Bonchev–Trinajstić information content (AvgIpc) is 1.49. The molecule has 0 radical (unpaired) electrons. The van der Waals surface area contributed by atoms with Crippen molar-refractivity contribution >= 4 is 110 Å². The number of anilines is 6. The fourth-order valence-electron chi connectivity index (χ4n) is 9.77. The number of hydrogen-bond acceptors (Lipinski definition) is 2. The minimum atomic E-state index is -0.743. The Hall–Kier alpha value is -7.82. The van der Waals surface area contributed by atoms with Crippen molar-refractivity contribution in [1.29, 1.82) is 0 Å². The number of benzene rings is 9. The Kier molecular flexibility index (Phi) is 4.70. The number of hydrogen-bond donors (Lipinski definition) is 0. The van der Waals surface area contributed by atoms with Gasteiger partial charge in [-0.15, -0.1) is 0 Å². The zero-order chi connectivity index (χ0) is 63.8. The fraction of sp³-hybridized carbons (Fsp3) is 0.129. The lowest BCUT2D eigenvalue weighted by Crippen LogP contribution is -2.11. The second-order valence-electron chi connectivity index (χ2n) is 18.6. The van der Waals surface area contributed by atoms with Gasteiger partial charge in [0, 0.05) is 65.8 Å². The number of para-hydroxylation sites is 4. The maximum atomic E-state index is 10.6. The highest BCUT2D eigenvalue weighted by Crippen LogP contribution is 2.52. The van der Waals surface area contributed by atoms with Gasteiger partial charge in [-0.2, -0.15) is 0 Å². The van der Waals surface area contributed by atoms with Gasteiger partial charge in [0.05, 0.1) is 74.6 Å². The summed E-state index contributed by atoms with van der Waals surface area (Å²) in [6.07, 6.45) is 0. The summed E-state index contributed by atoms with van der Waals surface area (Å²) < 4.78 is 204. The van der Waals surface area contributed by atoms with Crippen LogP contribution in [-0.4, -0.2) is 8.80 Å². The number of fused-ring (bicyclic) bond motifs is 12. The topological polar surface area (TPSA) is 15.3 Å². The number of aromatic nitrogens is 2. The van der Waals surface area contributed by atoms with Gasteiger partial charge in [0.15, 0.2) is 0 Å². The molecule has 4 heterocycles. The molecule has 4 aromatic heterocycles. The molecule has 4 heteroatoms. The van der Waals surface area contributed by atoms with E-state index in [0.29, 0.717) is 54.4 Å². The summed E-state index contributed by atoms with van der Waals surface area (Å²) in [5, 5.41) is 3.09. The summed E-state index contributed by atoms with van der Waals surface area (Å²) >= 11 is 0. The van der Waals surface area contributed by atoms with Crippen LogP contribution in [0.5, 0.6) is 0 Å². The fourth-order valence-corrected chi connectivity index (χ4v) is 9.77. The van der Waals surface area contributed by atoms with E-state index in [9.17, 15) is 13.7 Å². The van der Waals surface area contributed by atoms with Gasteiger partial charge in [0.25, 0.3) is 0 Å². The number of nitrogens with zero attached hydrogens (tertiary/aromatic N) is 4. The van der Waals surface area contributed by atoms with Gasteiger partial charge >= 0.3 is 0 Å². The Bertz CT molecular complexity index is 4760. The van der Waals surface area contributed by atoms with E-state index in [4.69, 9.17) is 16.4 Å². The minimum Gasteiger partial charge on any atom is -0.310 e. The van der Waals surface area contributed by atoms with Gasteiger partial charge in [-0.3, -0.25) is 0 Å². The van der Waals surface area contributed by atoms with Gasteiger partial charge < -0.3 is 18.6 Å². The lowest BCUT2D eigenvalue weighted by Gasteiger charge is -2.26. The first-order chi connectivity index (χ1) is 41.2. The molecule has 0 spiro atoms. The highest BCUT2D eigenvalue weighted by Gasteiger charge is 2.29. The van der Waals surface area contributed by atoms with Crippen LogP contribution in [0.15, 0.2) is 194 Å². The molecular weight excluding hydrogens is 801 g/mol. The van der Waals surface area contributed by atoms with Crippen molar-refractivity contribution in [3.63, 3.8) is 0 Å². The zero-order valence-corrected chi connectivity index (χ0v) is 36.6. The zero-order valence-electron chi connectivity index (χ0n) is 58.6. The normalized spacial score (nSPS) is 17.4. The van der Waals surface area contributed by atoms with Crippen LogP contribution in [0.4, 0.5) is 34.1 Å². The monoisotopic (exact) mass is 873 g/mol. The third-order valence-corrected chi connectivity index (χ3v) is 12.8. The predicted molar refractivity (Wildman–Crippen MR) is 283 cm³/mol. The molecule has 0 aliphatic carbocycles. The minimum absolute atomic E-state index is 0.0532. The Labute approximate surface area is 415 Å². The van der Waals surface area contributed by atoms with Crippen molar-refractivity contribution in [2.45, 2.75) is 52.4 Å². The standard InChI is InChI=1S/C62H50N4/c1-61(2,3)39-27-31-51-49(35-39)57-53(63(41-19-11-7-12-20-41)42-21-13-8-14-22-42)33-29-45-47-38-56-48(37-55(47)65(51)59(45)57)46-30-34-54(64(43-23-15-9-16-24-43)44-25-17-10-18-26-44)58-50-36-40(62(4,5)6)28-32-52(50)66(56)60(46)58/h7-38H,1-6H3/i7D,8D,9D,10D,11D,12D,13D,14D,15D,16D,17D,18D,19D,20D,21D,22D,23D,24D,25D,26D,37D,38D. The summed E-state index contributed by atoms with van der Waals surface area (Å²) in [6, 6.07) is 3.03. The molecule has 0 bridgehead atoms. The van der Waals surface area contributed by atoms with Crippen molar-refractivity contribution in [2.75, 3.05) is 9.80 Å². The molecule has 0 saturated carbocycles. The largest absolute Gasteiger partial charge is 0.310 e. The van der Waals surface area contributed by atoms with Gasteiger partial charge in [0.2, 0.25) is 0 Å². The van der Waals surface area contributed by atoms with E-state index in [0.717, 1.165) is 20.9 Å². The first-order valence-electron chi connectivity index (χ1n) is 32.5. The summed E-state index contributed by atoms with van der Waals surface area (Å²) in [4.78, 5) is 2.25. The molecule has 4 nitrogen and oxygen atoms in total. The third-order valence-electron chi connectivity index (χ3n) is 12.8. The van der Waals surface area contributed by atoms with Crippen molar-refractivity contribution in [1.82, 2.24) is 8.80 Å². The van der Waals surface area contributed by atoms with Crippen molar-refractivity contribution < 1.29 is 30.2 Å². The van der Waals surface area contributed by atoms with E-state index in [1.165, 1.54) is 0 Å². The highest BCUT2D eigenvalue weighted by atomic mass is 15.2. The lowest BCUT2D eigenvalue weighted by molar-refractivity contribution is 0.591. The number of rotatable bonds is 6. The van der Waals surface area contributed by atoms with Crippen LogP contribution in [0.3, 0.4) is 0 Å². The van der Waals surface area contributed by atoms with Crippen LogP contribution in [0, 0.1) is 0 Å². The summed E-state index contributed by atoms with van der Waals surface area (Å²) in [5.41, 5.74) is 1.06. The molecule has 0 atom stereocenters. The first kappa shape index (κ1) is 22.4. The molecule has 9 aromatic carbocycles. The molecular formula is C62H50N4. The van der Waals surface area contributed by atoms with Gasteiger partial charge in [-0.1, -0.05) is 138 Å². The van der Waals surface area contributed by atoms with Crippen LogP contribution >= 0.6 is 0 Å². The Balaban J connectivity index is 1.24. The van der Waals surface area contributed by atoms with E-state index in [1.54, 1.807) is 24.3 Å². The molecule has 0 aliphatic heterocycles. The summed E-state index contributed by atoms with van der Waals surface area (Å²) in [6.45, 7) is 12.0. The maximum Gasteiger partial charge on any atom is 0.0653 e. The molecule has 0 N–H and O–H groups in total. The van der Waals surface area contributed by atoms with Crippen LogP contribution in [0.1, 0.15) is 82.8 Å². The SMILES string of the molecule is [2H]c1c([2H])c([2H])c(N(c2c([2H])c([2H])c([2H])c([2H])c2[2H])c2ccc3c4c([2H])c5c(c([2H])c4n4c6ccc(C(C)(C)C)cc6c2c34)c2ccc(N(c3c([2H])c([2H])c([2H])c([2H])c3[2H])c3c([2H])c([2H])c([2H])c([2H])c3[2H])c3c4cc(C(C)(C)C)ccc4n5c23)c([2H])c1[2H]. The smallest absolute Gasteiger partial charge is 0.0653 e.